The van der Waals surface area contributed by atoms with Crippen LogP contribution in [0.2, 0.25) is 0 Å². The highest BCUT2D eigenvalue weighted by Crippen LogP contribution is 2.22. The van der Waals surface area contributed by atoms with Gasteiger partial charge in [-0.05, 0) is 48.4 Å². The number of hydrogen-bond acceptors (Lipinski definition) is 3. The molecular weight excluding hydrogens is 410 g/mol. The van der Waals surface area contributed by atoms with Crippen LogP contribution in [0.15, 0.2) is 59.5 Å². The quantitative estimate of drug-likeness (QED) is 0.673. The summed E-state index contributed by atoms with van der Waals surface area (Å²) in [6.45, 7) is 6.46. The van der Waals surface area contributed by atoms with Crippen molar-refractivity contribution in [1.29, 1.82) is 0 Å². The number of likely N-dealkylation sites (tertiary alicyclic amines) is 1. The molecule has 0 spiro atoms. The number of hydrogen-bond donors (Lipinski definition) is 1. The highest BCUT2D eigenvalue weighted by Gasteiger charge is 2.23. The molecule has 6 nitrogen and oxygen atoms in total. The fraction of sp³-hybridized carbons (Fsp3) is 0.458. The number of benzene rings is 2. The van der Waals surface area contributed by atoms with Crippen molar-refractivity contribution >= 4 is 16.1 Å². The molecule has 1 heterocycles. The SMILES string of the molecule is CCN(CC)S(=O)(=O)c1ccc(CNC(=O)N2CCC(Cc3ccccc3)CC2)cc1. The summed E-state index contributed by atoms with van der Waals surface area (Å²) in [4.78, 5) is 14.7. The monoisotopic (exact) mass is 443 g/mol. The molecule has 0 radical (unpaired) electrons. The molecule has 1 fully saturated rings. The van der Waals surface area contributed by atoms with Gasteiger partial charge in [-0.3, -0.25) is 0 Å². The topological polar surface area (TPSA) is 69.7 Å². The Labute approximate surface area is 186 Å². The van der Waals surface area contributed by atoms with Crippen LogP contribution in [-0.2, 0) is 23.0 Å². The number of piperidine rings is 1. The maximum atomic E-state index is 12.6. The van der Waals surface area contributed by atoms with Crippen LogP contribution in [-0.4, -0.2) is 49.8 Å². The van der Waals surface area contributed by atoms with Gasteiger partial charge >= 0.3 is 6.03 Å². The lowest BCUT2D eigenvalue weighted by atomic mass is 9.90. The predicted molar refractivity (Wildman–Crippen MR) is 123 cm³/mol. The van der Waals surface area contributed by atoms with E-state index in [2.05, 4.69) is 29.6 Å². The lowest BCUT2D eigenvalue weighted by molar-refractivity contribution is 0.170. The number of nitrogens with one attached hydrogen (secondary N) is 1. The zero-order valence-electron chi connectivity index (χ0n) is 18.5. The normalized spacial score (nSPS) is 15.3. The minimum atomic E-state index is -3.46. The molecule has 0 bridgehead atoms. The van der Waals surface area contributed by atoms with Crippen molar-refractivity contribution in [2.24, 2.45) is 5.92 Å². The minimum absolute atomic E-state index is 0.0574. The van der Waals surface area contributed by atoms with Crippen molar-refractivity contribution in [3.8, 4) is 0 Å². The summed E-state index contributed by atoms with van der Waals surface area (Å²) < 4.78 is 26.6. The van der Waals surface area contributed by atoms with E-state index >= 15 is 0 Å². The van der Waals surface area contributed by atoms with Crippen LogP contribution in [0.4, 0.5) is 4.79 Å². The summed E-state index contributed by atoms with van der Waals surface area (Å²) in [5.41, 5.74) is 2.24. The molecule has 1 N–H and O–H groups in total. The van der Waals surface area contributed by atoms with Crippen LogP contribution in [0.5, 0.6) is 0 Å². The Morgan fingerprint density at radius 3 is 2.16 bits per heavy atom. The molecule has 1 saturated heterocycles. The molecular formula is C24H33N3O3S. The van der Waals surface area contributed by atoms with E-state index in [0.717, 1.165) is 37.9 Å². The Hall–Kier alpha value is -2.38. The molecule has 31 heavy (non-hydrogen) atoms. The summed E-state index contributed by atoms with van der Waals surface area (Å²) in [7, 11) is -3.46. The first kappa shape index (κ1) is 23.3. The second-order valence-electron chi connectivity index (χ2n) is 8.01. The van der Waals surface area contributed by atoms with Gasteiger partial charge in [0.25, 0.3) is 0 Å². The Bertz CT molecular complexity index is 934. The Balaban J connectivity index is 1.47. The van der Waals surface area contributed by atoms with Crippen molar-refractivity contribution in [2.75, 3.05) is 26.2 Å². The van der Waals surface area contributed by atoms with E-state index < -0.39 is 10.0 Å². The van der Waals surface area contributed by atoms with E-state index in [9.17, 15) is 13.2 Å². The molecule has 2 aromatic rings. The van der Waals surface area contributed by atoms with Gasteiger partial charge in [-0.1, -0.05) is 56.3 Å². The molecule has 2 aromatic carbocycles. The van der Waals surface area contributed by atoms with Crippen LogP contribution in [0.3, 0.4) is 0 Å². The van der Waals surface area contributed by atoms with Crippen molar-refractivity contribution in [3.63, 3.8) is 0 Å². The maximum Gasteiger partial charge on any atom is 0.317 e. The molecule has 1 aliphatic heterocycles. The van der Waals surface area contributed by atoms with Crippen molar-refractivity contribution in [3.05, 3.63) is 65.7 Å². The van der Waals surface area contributed by atoms with Gasteiger partial charge in [0.15, 0.2) is 0 Å². The van der Waals surface area contributed by atoms with E-state index in [-0.39, 0.29) is 10.9 Å². The summed E-state index contributed by atoms with van der Waals surface area (Å²) in [6, 6.07) is 17.2. The van der Waals surface area contributed by atoms with Gasteiger partial charge in [-0.2, -0.15) is 4.31 Å². The van der Waals surface area contributed by atoms with E-state index in [0.29, 0.717) is 25.6 Å². The molecule has 2 amide bonds. The van der Waals surface area contributed by atoms with Crippen LogP contribution >= 0.6 is 0 Å². The second-order valence-corrected chi connectivity index (χ2v) is 9.95. The zero-order chi connectivity index (χ0) is 22.3. The number of amides is 2. The molecule has 0 atom stereocenters. The first-order valence-corrected chi connectivity index (χ1v) is 12.5. The van der Waals surface area contributed by atoms with E-state index in [1.165, 1.54) is 9.87 Å². The summed E-state index contributed by atoms with van der Waals surface area (Å²) in [5, 5.41) is 2.96. The van der Waals surface area contributed by atoms with Gasteiger partial charge in [0.05, 0.1) is 4.90 Å². The molecule has 0 aromatic heterocycles. The average Bonchev–Trinajstić information content (AvgIpc) is 2.79. The van der Waals surface area contributed by atoms with Crippen molar-refractivity contribution < 1.29 is 13.2 Å². The van der Waals surface area contributed by atoms with Crippen molar-refractivity contribution in [2.45, 2.75) is 44.6 Å². The average molecular weight is 444 g/mol. The first-order valence-electron chi connectivity index (χ1n) is 11.1. The van der Waals surface area contributed by atoms with Gasteiger partial charge in [-0.25, -0.2) is 13.2 Å². The summed E-state index contributed by atoms with van der Waals surface area (Å²) in [6.07, 6.45) is 3.10. The number of rotatable bonds is 8. The number of urea groups is 1. The van der Waals surface area contributed by atoms with Gasteiger partial charge in [0.1, 0.15) is 0 Å². The fourth-order valence-electron chi connectivity index (χ4n) is 4.07. The highest BCUT2D eigenvalue weighted by atomic mass is 32.2. The smallest absolute Gasteiger partial charge is 0.317 e. The maximum absolute atomic E-state index is 12.6. The summed E-state index contributed by atoms with van der Waals surface area (Å²) in [5.74, 6) is 0.617. The Morgan fingerprint density at radius 1 is 0.968 bits per heavy atom. The van der Waals surface area contributed by atoms with E-state index in [4.69, 9.17) is 0 Å². The minimum Gasteiger partial charge on any atom is -0.334 e. The van der Waals surface area contributed by atoms with E-state index in [1.807, 2.05) is 24.8 Å². The fourth-order valence-corrected chi connectivity index (χ4v) is 5.53. The number of sulfonamides is 1. The third-order valence-electron chi connectivity index (χ3n) is 5.98. The van der Waals surface area contributed by atoms with Crippen LogP contribution < -0.4 is 5.32 Å². The third-order valence-corrected chi connectivity index (χ3v) is 8.04. The van der Waals surface area contributed by atoms with Gasteiger partial charge < -0.3 is 10.2 Å². The molecule has 3 rings (SSSR count). The lowest BCUT2D eigenvalue weighted by Crippen LogP contribution is -2.44. The molecule has 168 valence electrons. The predicted octanol–water partition coefficient (Wildman–Crippen LogP) is 3.88. The van der Waals surface area contributed by atoms with Crippen LogP contribution in [0.25, 0.3) is 0 Å². The van der Waals surface area contributed by atoms with Crippen LogP contribution in [0, 0.1) is 5.92 Å². The highest BCUT2D eigenvalue weighted by molar-refractivity contribution is 7.89. The van der Waals surface area contributed by atoms with Crippen molar-refractivity contribution in [1.82, 2.24) is 14.5 Å². The van der Waals surface area contributed by atoms with Gasteiger partial charge in [0, 0.05) is 32.7 Å². The molecule has 1 aliphatic rings. The largest absolute Gasteiger partial charge is 0.334 e. The van der Waals surface area contributed by atoms with Crippen LogP contribution in [0.1, 0.15) is 37.8 Å². The Morgan fingerprint density at radius 2 is 1.58 bits per heavy atom. The summed E-state index contributed by atoms with van der Waals surface area (Å²) >= 11 is 0. The number of carbonyl (C=O) groups excluding carboxylic acids is 1. The third kappa shape index (κ3) is 6.08. The second kappa shape index (κ2) is 10.8. The van der Waals surface area contributed by atoms with Gasteiger partial charge in [0.2, 0.25) is 10.0 Å². The molecule has 7 heteroatoms. The molecule has 0 saturated carbocycles. The molecule has 0 unspecified atom stereocenters. The molecule has 0 aliphatic carbocycles. The first-order chi connectivity index (χ1) is 14.9. The lowest BCUT2D eigenvalue weighted by Gasteiger charge is -2.32. The number of carbonyl (C=O) groups is 1. The zero-order valence-corrected chi connectivity index (χ0v) is 19.3. The standard InChI is InChI=1S/C24H33N3O3S/c1-3-27(4-2)31(29,30)23-12-10-22(11-13-23)19-25-24(28)26-16-14-21(15-17-26)18-20-8-6-5-7-9-20/h5-13,21H,3-4,14-19H2,1-2H3,(H,25,28). The number of nitrogens with zero attached hydrogens (tertiary/aromatic N) is 2. The van der Waals surface area contributed by atoms with Gasteiger partial charge in [-0.15, -0.1) is 0 Å². The Kier molecular flexibility index (Phi) is 8.09. The van der Waals surface area contributed by atoms with E-state index in [1.54, 1.807) is 24.3 Å².